The third kappa shape index (κ3) is 7.40. The number of aryl methyl sites for hydroxylation is 1. The van der Waals surface area contributed by atoms with Crippen LogP contribution in [0.5, 0.6) is 0 Å². The number of fused-ring (bicyclic) bond motifs is 1. The van der Waals surface area contributed by atoms with E-state index in [0.717, 1.165) is 28.3 Å². The molecule has 39 heavy (non-hydrogen) atoms. The van der Waals surface area contributed by atoms with Crippen molar-refractivity contribution in [3.05, 3.63) is 118 Å². The van der Waals surface area contributed by atoms with E-state index < -0.39 is 6.04 Å². The van der Waals surface area contributed by atoms with Crippen molar-refractivity contribution in [2.24, 2.45) is 0 Å². The summed E-state index contributed by atoms with van der Waals surface area (Å²) in [6.45, 7) is 4.13. The summed E-state index contributed by atoms with van der Waals surface area (Å²) in [5, 5.41) is 6.30. The highest BCUT2D eigenvalue weighted by molar-refractivity contribution is 6.36. The maximum atomic E-state index is 14.0. The molecular weight excluding hydrogens is 527 g/mol. The van der Waals surface area contributed by atoms with Crippen molar-refractivity contribution in [2.45, 2.75) is 58.2 Å². The summed E-state index contributed by atoms with van der Waals surface area (Å²) in [5.41, 5.74) is 2.70. The van der Waals surface area contributed by atoms with E-state index in [4.69, 9.17) is 23.2 Å². The Morgan fingerprint density at radius 3 is 2.21 bits per heavy atom. The number of nitrogens with zero attached hydrogens (tertiary/aromatic N) is 1. The third-order valence-electron chi connectivity index (χ3n) is 7.15. The van der Waals surface area contributed by atoms with Crippen molar-refractivity contribution < 1.29 is 9.59 Å². The number of hydrogen-bond acceptors (Lipinski definition) is 2. The topological polar surface area (TPSA) is 49.4 Å². The number of halogens is 2. The van der Waals surface area contributed by atoms with Gasteiger partial charge in [0.1, 0.15) is 6.04 Å². The molecule has 4 rings (SSSR count). The molecule has 0 radical (unpaired) electrons. The monoisotopic (exact) mass is 560 g/mol. The van der Waals surface area contributed by atoms with Gasteiger partial charge in [-0.05, 0) is 53.8 Å². The van der Waals surface area contributed by atoms with Gasteiger partial charge in [0.25, 0.3) is 0 Å². The molecular formula is C33H34Cl2N2O2. The molecule has 6 heteroatoms. The molecule has 0 heterocycles. The molecule has 0 aromatic heterocycles. The van der Waals surface area contributed by atoms with Crippen LogP contribution in [0.1, 0.15) is 43.4 Å². The number of benzene rings is 4. The largest absolute Gasteiger partial charge is 0.352 e. The van der Waals surface area contributed by atoms with Crippen molar-refractivity contribution in [3.8, 4) is 0 Å². The van der Waals surface area contributed by atoms with Crippen LogP contribution < -0.4 is 5.32 Å². The molecule has 0 saturated heterocycles. The quantitative estimate of drug-likeness (QED) is 0.205. The highest BCUT2D eigenvalue weighted by atomic mass is 35.5. The SMILES string of the molecule is CC[C@@H](C)NC(=O)[C@H](Cc1ccccc1)N(Cc1c(Cl)cccc1Cl)C(=O)CCc1cccc2ccccc12. The summed E-state index contributed by atoms with van der Waals surface area (Å²) in [4.78, 5) is 29.4. The van der Waals surface area contributed by atoms with Gasteiger partial charge in [-0.1, -0.05) is 109 Å². The number of amides is 2. The number of carbonyl (C=O) groups is 2. The first-order valence-corrected chi connectivity index (χ1v) is 14.2. The zero-order valence-corrected chi connectivity index (χ0v) is 23.9. The second-order valence-electron chi connectivity index (χ2n) is 9.88. The predicted octanol–water partition coefficient (Wildman–Crippen LogP) is 7.63. The average Bonchev–Trinajstić information content (AvgIpc) is 2.95. The molecule has 0 aliphatic heterocycles. The molecule has 4 aromatic rings. The number of rotatable bonds is 11. The standard InChI is InChI=1S/C33H34Cl2N2O2/c1-3-23(2)36-33(39)31(21-24-11-5-4-6-12-24)37(22-28-29(34)17-10-18-30(28)35)32(38)20-19-26-15-9-14-25-13-7-8-16-27(25)26/h4-18,23,31H,3,19-22H2,1-2H3,(H,36,39)/t23-,31+/m1/s1. The molecule has 0 fully saturated rings. The summed E-state index contributed by atoms with van der Waals surface area (Å²) in [6.07, 6.45) is 1.97. The number of hydrogen-bond donors (Lipinski definition) is 1. The Morgan fingerprint density at radius 2 is 1.49 bits per heavy atom. The predicted molar refractivity (Wildman–Crippen MR) is 161 cm³/mol. The van der Waals surface area contributed by atoms with Gasteiger partial charge in [0.2, 0.25) is 11.8 Å². The van der Waals surface area contributed by atoms with Crippen molar-refractivity contribution in [3.63, 3.8) is 0 Å². The van der Waals surface area contributed by atoms with Crippen LogP contribution in [0.2, 0.25) is 10.0 Å². The third-order valence-corrected chi connectivity index (χ3v) is 7.86. The van der Waals surface area contributed by atoms with Crippen LogP contribution in [0, 0.1) is 0 Å². The van der Waals surface area contributed by atoms with E-state index in [1.165, 1.54) is 0 Å². The maximum absolute atomic E-state index is 14.0. The molecule has 2 amide bonds. The second-order valence-corrected chi connectivity index (χ2v) is 10.7. The molecule has 2 atom stereocenters. The lowest BCUT2D eigenvalue weighted by Gasteiger charge is -2.33. The summed E-state index contributed by atoms with van der Waals surface area (Å²) >= 11 is 13.1. The molecule has 0 spiro atoms. The lowest BCUT2D eigenvalue weighted by Crippen LogP contribution is -2.52. The van der Waals surface area contributed by atoms with E-state index in [1.807, 2.05) is 62.4 Å². The van der Waals surface area contributed by atoms with Gasteiger partial charge in [-0.15, -0.1) is 0 Å². The lowest BCUT2D eigenvalue weighted by atomic mass is 9.99. The van der Waals surface area contributed by atoms with Crippen LogP contribution in [-0.4, -0.2) is 28.8 Å². The first-order valence-electron chi connectivity index (χ1n) is 13.4. The summed E-state index contributed by atoms with van der Waals surface area (Å²) in [6, 6.07) is 28.6. The van der Waals surface area contributed by atoms with Crippen LogP contribution in [0.3, 0.4) is 0 Å². The minimum Gasteiger partial charge on any atom is -0.352 e. The van der Waals surface area contributed by atoms with E-state index in [2.05, 4.69) is 29.6 Å². The van der Waals surface area contributed by atoms with Gasteiger partial charge in [-0.2, -0.15) is 0 Å². The zero-order valence-electron chi connectivity index (χ0n) is 22.4. The summed E-state index contributed by atoms with van der Waals surface area (Å²) < 4.78 is 0. The zero-order chi connectivity index (χ0) is 27.8. The normalized spacial score (nSPS) is 12.6. The van der Waals surface area contributed by atoms with Gasteiger partial charge in [-0.3, -0.25) is 9.59 Å². The molecule has 1 N–H and O–H groups in total. The van der Waals surface area contributed by atoms with Crippen molar-refractivity contribution in [1.29, 1.82) is 0 Å². The number of nitrogens with one attached hydrogen (secondary N) is 1. The van der Waals surface area contributed by atoms with Gasteiger partial charge in [0.15, 0.2) is 0 Å². The van der Waals surface area contributed by atoms with Crippen molar-refractivity contribution in [2.75, 3.05) is 0 Å². The molecule has 0 saturated carbocycles. The Bertz CT molecular complexity index is 1400. The highest BCUT2D eigenvalue weighted by Gasteiger charge is 2.31. The molecule has 0 unspecified atom stereocenters. The van der Waals surface area contributed by atoms with Crippen LogP contribution >= 0.6 is 23.2 Å². The fourth-order valence-electron chi connectivity index (χ4n) is 4.74. The van der Waals surface area contributed by atoms with Gasteiger partial charge in [-0.25, -0.2) is 0 Å². The Hall–Kier alpha value is -3.34. The van der Waals surface area contributed by atoms with Crippen molar-refractivity contribution in [1.82, 2.24) is 10.2 Å². The second kappa shape index (κ2) is 13.6. The number of carbonyl (C=O) groups excluding carboxylic acids is 2. The molecule has 0 aliphatic carbocycles. The smallest absolute Gasteiger partial charge is 0.243 e. The highest BCUT2D eigenvalue weighted by Crippen LogP contribution is 2.28. The fraction of sp³-hybridized carbons (Fsp3) is 0.273. The molecule has 0 bridgehead atoms. The molecule has 4 nitrogen and oxygen atoms in total. The molecule has 0 aliphatic rings. The first kappa shape index (κ1) is 28.7. The maximum Gasteiger partial charge on any atom is 0.243 e. The Kier molecular flexibility index (Phi) is 10.0. The first-order chi connectivity index (χ1) is 18.9. The molecule has 4 aromatic carbocycles. The lowest BCUT2D eigenvalue weighted by molar-refractivity contribution is -0.141. The molecule has 202 valence electrons. The van der Waals surface area contributed by atoms with E-state index >= 15 is 0 Å². The fourth-order valence-corrected chi connectivity index (χ4v) is 5.26. The Labute approximate surface area is 240 Å². The average molecular weight is 562 g/mol. The summed E-state index contributed by atoms with van der Waals surface area (Å²) in [5.74, 6) is -0.311. The summed E-state index contributed by atoms with van der Waals surface area (Å²) in [7, 11) is 0. The van der Waals surface area contributed by atoms with Crippen LogP contribution in [0.4, 0.5) is 0 Å². The van der Waals surface area contributed by atoms with Gasteiger partial charge < -0.3 is 10.2 Å². The Balaban J connectivity index is 1.69. The van der Waals surface area contributed by atoms with E-state index in [1.54, 1.807) is 23.1 Å². The Morgan fingerprint density at radius 1 is 0.846 bits per heavy atom. The van der Waals surface area contributed by atoms with Gasteiger partial charge in [0.05, 0.1) is 0 Å². The van der Waals surface area contributed by atoms with Crippen LogP contribution in [-0.2, 0) is 29.0 Å². The minimum absolute atomic E-state index is 0.0210. The van der Waals surface area contributed by atoms with Crippen LogP contribution in [0.15, 0.2) is 91.0 Å². The van der Waals surface area contributed by atoms with Gasteiger partial charge in [0, 0.05) is 41.0 Å². The van der Waals surface area contributed by atoms with E-state index in [-0.39, 0.29) is 30.8 Å². The van der Waals surface area contributed by atoms with E-state index in [9.17, 15) is 9.59 Å². The van der Waals surface area contributed by atoms with E-state index in [0.29, 0.717) is 28.5 Å². The minimum atomic E-state index is -0.728. The van der Waals surface area contributed by atoms with Crippen LogP contribution in [0.25, 0.3) is 10.8 Å². The van der Waals surface area contributed by atoms with Gasteiger partial charge >= 0.3 is 0 Å². The van der Waals surface area contributed by atoms with Crippen molar-refractivity contribution >= 4 is 45.8 Å².